The normalized spacial score (nSPS) is 12.5. The number of alkyl carbamates (subject to hydrolysis) is 1. The van der Waals surface area contributed by atoms with Crippen LogP contribution in [0.15, 0.2) is 4.99 Å². The molecule has 0 spiro atoms. The van der Waals surface area contributed by atoms with E-state index >= 15 is 0 Å². The van der Waals surface area contributed by atoms with Gasteiger partial charge in [0.1, 0.15) is 6.61 Å². The van der Waals surface area contributed by atoms with Crippen molar-refractivity contribution in [3.8, 4) is 0 Å². The van der Waals surface area contributed by atoms with Crippen LogP contribution >= 0.6 is 35.3 Å². The largest absolute Gasteiger partial charge is 0.447 e. The molecular formula is C12H24N2O4S4. The summed E-state index contributed by atoms with van der Waals surface area (Å²) in [5.74, 6) is 2.39. The maximum absolute atomic E-state index is 11.1. The average Bonchev–Trinajstić information content (AvgIpc) is 2.53. The van der Waals surface area contributed by atoms with E-state index in [4.69, 9.17) is 5.11 Å². The molecule has 0 aromatic heterocycles. The minimum absolute atomic E-state index is 0.0322. The molecule has 0 bridgehead atoms. The summed E-state index contributed by atoms with van der Waals surface area (Å²) in [6.07, 6.45) is -0.484. The second-order valence-corrected chi connectivity index (χ2v) is 9.20. The van der Waals surface area contributed by atoms with Gasteiger partial charge in [0.05, 0.1) is 23.0 Å². The molecule has 0 aliphatic rings. The second-order valence-electron chi connectivity index (χ2n) is 3.72. The third kappa shape index (κ3) is 16.5. The molecule has 0 aliphatic heterocycles. The number of carbonyl (C=O) groups excluding carboxylic acids is 1. The summed E-state index contributed by atoms with van der Waals surface area (Å²) in [5.41, 5.74) is 1.53. The van der Waals surface area contributed by atoms with Crippen LogP contribution < -0.4 is 5.32 Å². The number of aliphatic hydroxyl groups is 1. The summed E-state index contributed by atoms with van der Waals surface area (Å²) in [5, 5.41) is 13.1. The van der Waals surface area contributed by atoms with Gasteiger partial charge in [-0.1, -0.05) is 6.92 Å². The van der Waals surface area contributed by atoms with Crippen LogP contribution in [-0.4, -0.2) is 74.7 Å². The van der Waals surface area contributed by atoms with Gasteiger partial charge in [-0.3, -0.25) is 9.20 Å². The summed E-state index contributed by atoms with van der Waals surface area (Å²) in [6.45, 7) is 3.03. The van der Waals surface area contributed by atoms with Crippen molar-refractivity contribution in [2.45, 2.75) is 6.92 Å². The van der Waals surface area contributed by atoms with E-state index in [0.29, 0.717) is 18.8 Å². The molecule has 10 heteroatoms. The summed E-state index contributed by atoms with van der Waals surface area (Å²) < 4.78 is 15.7. The number of aliphatic hydroxyl groups excluding tert-OH is 1. The van der Waals surface area contributed by atoms with Gasteiger partial charge < -0.3 is 15.2 Å². The van der Waals surface area contributed by atoms with Crippen LogP contribution in [-0.2, 0) is 15.5 Å². The Labute approximate surface area is 147 Å². The quantitative estimate of drug-likeness (QED) is 0.202. The van der Waals surface area contributed by atoms with Crippen LogP contribution in [0.25, 0.3) is 0 Å². The molecule has 0 saturated heterocycles. The number of ether oxygens (including phenoxy) is 1. The van der Waals surface area contributed by atoms with E-state index in [-0.39, 0.29) is 13.2 Å². The third-order valence-electron chi connectivity index (χ3n) is 2.01. The van der Waals surface area contributed by atoms with Crippen molar-refractivity contribution >= 4 is 57.7 Å². The summed E-state index contributed by atoms with van der Waals surface area (Å²) >= 11 is 5.40. The molecule has 0 aromatic carbocycles. The molecule has 0 rings (SSSR count). The molecule has 0 aromatic rings. The molecule has 130 valence electrons. The molecular weight excluding hydrogens is 364 g/mol. The van der Waals surface area contributed by atoms with E-state index < -0.39 is 16.9 Å². The Morgan fingerprint density at radius 2 is 2.05 bits per heavy atom. The Kier molecular flexibility index (Phi) is 17.5. The Balaban J connectivity index is 3.19. The van der Waals surface area contributed by atoms with E-state index in [1.807, 2.05) is 30.4 Å². The minimum atomic E-state index is -0.907. The maximum Gasteiger partial charge on any atom is 0.407 e. The lowest BCUT2D eigenvalue weighted by atomic mass is 10.7. The first-order valence-corrected chi connectivity index (χ1v) is 11.7. The molecule has 0 aliphatic carbocycles. The van der Waals surface area contributed by atoms with Crippen LogP contribution in [0.1, 0.15) is 6.92 Å². The Hall–Kier alpha value is 0.1000. The monoisotopic (exact) mass is 388 g/mol. The standard InChI is InChI=1S/C12H24N2O4S4/c1-2-22(17)9-13-3-7-19-10-21-11-20-8-4-14-12(16)18-6-5-15/h9,15H,2-8,10-11H2,1H3,(H,14,16). The zero-order valence-electron chi connectivity index (χ0n) is 12.7. The Morgan fingerprint density at radius 3 is 2.73 bits per heavy atom. The first-order valence-electron chi connectivity index (χ1n) is 6.82. The number of nitrogens with zero attached hydrogens (tertiary/aromatic N) is 1. The van der Waals surface area contributed by atoms with Crippen molar-refractivity contribution in [1.29, 1.82) is 0 Å². The van der Waals surface area contributed by atoms with Crippen molar-refractivity contribution in [3.63, 3.8) is 0 Å². The number of hydrogen-bond acceptors (Lipinski definition) is 8. The lowest BCUT2D eigenvalue weighted by molar-refractivity contribution is 0.119. The first kappa shape index (κ1) is 22.1. The van der Waals surface area contributed by atoms with Crippen molar-refractivity contribution < 1.29 is 18.8 Å². The fourth-order valence-corrected chi connectivity index (χ4v) is 4.68. The molecule has 0 radical (unpaired) electrons. The zero-order valence-corrected chi connectivity index (χ0v) is 16.0. The highest BCUT2D eigenvalue weighted by Gasteiger charge is 1.99. The SMILES string of the molecule is CCS(=O)C=NCCSCSCSCCNC(=O)OCCO. The predicted octanol–water partition coefficient (Wildman–Crippen LogP) is 1.62. The molecule has 22 heavy (non-hydrogen) atoms. The fraction of sp³-hybridized carbons (Fsp3) is 0.833. The van der Waals surface area contributed by atoms with Gasteiger partial charge in [-0.2, -0.15) is 0 Å². The summed E-state index contributed by atoms with van der Waals surface area (Å²) in [6, 6.07) is 0. The van der Waals surface area contributed by atoms with E-state index in [0.717, 1.165) is 21.7 Å². The van der Waals surface area contributed by atoms with Gasteiger partial charge in [0.15, 0.2) is 0 Å². The number of thioether (sulfide) groups is 3. The minimum Gasteiger partial charge on any atom is -0.447 e. The molecule has 1 unspecified atom stereocenters. The van der Waals surface area contributed by atoms with Crippen LogP contribution in [0.5, 0.6) is 0 Å². The van der Waals surface area contributed by atoms with Gasteiger partial charge in [0, 0.05) is 40.5 Å². The number of amides is 1. The van der Waals surface area contributed by atoms with Gasteiger partial charge >= 0.3 is 6.09 Å². The lowest BCUT2D eigenvalue weighted by Gasteiger charge is -2.05. The molecule has 0 fully saturated rings. The zero-order chi connectivity index (χ0) is 16.5. The molecule has 1 amide bonds. The van der Waals surface area contributed by atoms with Gasteiger partial charge in [-0.15, -0.1) is 35.3 Å². The Morgan fingerprint density at radius 1 is 1.32 bits per heavy atom. The number of nitrogens with one attached hydrogen (secondary N) is 1. The number of aliphatic imine (C=N–C) groups is 1. The maximum atomic E-state index is 11.1. The smallest absolute Gasteiger partial charge is 0.407 e. The van der Waals surface area contributed by atoms with Gasteiger partial charge in [-0.25, -0.2) is 4.79 Å². The highest BCUT2D eigenvalue weighted by atomic mass is 32.2. The topological polar surface area (TPSA) is 88.0 Å². The molecule has 6 nitrogen and oxygen atoms in total. The number of carbonyl (C=O) groups is 1. The number of rotatable bonds is 14. The third-order valence-corrected chi connectivity index (χ3v) is 6.60. The summed E-state index contributed by atoms with van der Waals surface area (Å²) in [7, 11) is -0.907. The lowest BCUT2D eigenvalue weighted by Crippen LogP contribution is -2.27. The molecule has 2 N–H and O–H groups in total. The van der Waals surface area contributed by atoms with Crippen LogP contribution in [0.2, 0.25) is 0 Å². The molecule has 0 heterocycles. The first-order chi connectivity index (χ1) is 10.7. The average molecular weight is 389 g/mol. The van der Waals surface area contributed by atoms with Crippen molar-refractivity contribution in [2.75, 3.05) is 53.7 Å². The summed E-state index contributed by atoms with van der Waals surface area (Å²) in [4.78, 5) is 15.1. The van der Waals surface area contributed by atoms with E-state index in [9.17, 15) is 9.00 Å². The Bertz CT molecular complexity index is 332. The number of hydrogen-bond donors (Lipinski definition) is 2. The van der Waals surface area contributed by atoms with Gasteiger partial charge in [0.25, 0.3) is 0 Å². The van der Waals surface area contributed by atoms with Crippen molar-refractivity contribution in [1.82, 2.24) is 5.32 Å². The predicted molar refractivity (Wildman–Crippen MR) is 101 cm³/mol. The van der Waals surface area contributed by atoms with E-state index in [2.05, 4.69) is 15.0 Å². The van der Waals surface area contributed by atoms with Crippen LogP contribution in [0.3, 0.4) is 0 Å². The fourth-order valence-electron chi connectivity index (χ4n) is 1.01. The molecule has 1 atom stereocenters. The second kappa shape index (κ2) is 17.5. The van der Waals surface area contributed by atoms with Crippen molar-refractivity contribution in [2.24, 2.45) is 4.99 Å². The molecule has 0 saturated carbocycles. The van der Waals surface area contributed by atoms with Gasteiger partial charge in [-0.05, 0) is 0 Å². The van der Waals surface area contributed by atoms with E-state index in [1.54, 1.807) is 11.8 Å². The highest BCUT2D eigenvalue weighted by molar-refractivity contribution is 8.22. The van der Waals surface area contributed by atoms with Crippen molar-refractivity contribution in [3.05, 3.63) is 0 Å². The van der Waals surface area contributed by atoms with Crippen LogP contribution in [0, 0.1) is 0 Å². The van der Waals surface area contributed by atoms with Crippen LogP contribution in [0.4, 0.5) is 4.79 Å². The van der Waals surface area contributed by atoms with E-state index in [1.165, 1.54) is 5.55 Å². The van der Waals surface area contributed by atoms with Gasteiger partial charge in [0.2, 0.25) is 0 Å². The highest BCUT2D eigenvalue weighted by Crippen LogP contribution is 2.17.